The second-order valence-electron chi connectivity index (χ2n) is 10.2. The van der Waals surface area contributed by atoms with E-state index in [2.05, 4.69) is 15.1 Å². The molecule has 2 aromatic rings. The molecule has 0 radical (unpaired) electrons. The number of carbonyl (C=O) groups excluding carboxylic acids is 2. The highest BCUT2D eigenvalue weighted by Gasteiger charge is 2.31. The molecule has 0 unspecified atom stereocenters. The van der Waals surface area contributed by atoms with E-state index < -0.39 is 0 Å². The molecule has 4 rings (SSSR count). The molecule has 2 saturated carbocycles. The Morgan fingerprint density at radius 3 is 2.62 bits per heavy atom. The normalized spacial score (nSPS) is 20.2. The van der Waals surface area contributed by atoms with Gasteiger partial charge in [0.1, 0.15) is 12.7 Å². The molecule has 2 aromatic heterocycles. The van der Waals surface area contributed by atoms with Crippen LogP contribution in [0.3, 0.4) is 0 Å². The topological polar surface area (TPSA) is 109 Å². The standard InChI is InChI=1S/C26H36ClN5O5/c1-16(2)36-25(33)17-8-7-11-19(12-17)37-24-23(27)30-21(14-28-24)20-13-29-32(4)22(20)15-35-26(34)31(3)18-9-5-6-10-18/h13-14,16-19H,5-12,15H2,1-4H3/t17-,19-/m0/s1. The van der Waals surface area contributed by atoms with Crippen LogP contribution in [0, 0.1) is 5.92 Å². The van der Waals surface area contributed by atoms with Gasteiger partial charge in [-0.2, -0.15) is 5.10 Å². The van der Waals surface area contributed by atoms with Gasteiger partial charge >= 0.3 is 12.1 Å². The molecule has 2 aliphatic rings. The van der Waals surface area contributed by atoms with Crippen LogP contribution in [0.15, 0.2) is 12.4 Å². The van der Waals surface area contributed by atoms with E-state index in [1.807, 2.05) is 13.8 Å². The average molecular weight is 534 g/mol. The minimum Gasteiger partial charge on any atom is -0.472 e. The molecule has 2 atom stereocenters. The van der Waals surface area contributed by atoms with Crippen molar-refractivity contribution >= 4 is 23.7 Å². The number of esters is 1. The Hall–Kier alpha value is -2.88. The third kappa shape index (κ3) is 6.71. The summed E-state index contributed by atoms with van der Waals surface area (Å²) in [6.07, 6.45) is 9.83. The van der Waals surface area contributed by atoms with Gasteiger partial charge in [0.25, 0.3) is 5.88 Å². The van der Waals surface area contributed by atoms with Crippen molar-refractivity contribution in [3.05, 3.63) is 23.2 Å². The van der Waals surface area contributed by atoms with Gasteiger partial charge in [-0.1, -0.05) is 24.4 Å². The van der Waals surface area contributed by atoms with E-state index >= 15 is 0 Å². The number of nitrogens with zero attached hydrogens (tertiary/aromatic N) is 5. The van der Waals surface area contributed by atoms with Crippen LogP contribution >= 0.6 is 11.6 Å². The van der Waals surface area contributed by atoms with Gasteiger partial charge in [0.2, 0.25) is 0 Å². The van der Waals surface area contributed by atoms with Gasteiger partial charge in [0.05, 0.1) is 35.8 Å². The van der Waals surface area contributed by atoms with Gasteiger partial charge in [0.15, 0.2) is 5.15 Å². The smallest absolute Gasteiger partial charge is 0.410 e. The predicted molar refractivity (Wildman–Crippen MR) is 137 cm³/mol. The van der Waals surface area contributed by atoms with Crippen molar-refractivity contribution in [2.24, 2.45) is 13.0 Å². The van der Waals surface area contributed by atoms with Crippen molar-refractivity contribution in [1.29, 1.82) is 0 Å². The number of aromatic nitrogens is 4. The van der Waals surface area contributed by atoms with E-state index in [1.165, 1.54) is 0 Å². The summed E-state index contributed by atoms with van der Waals surface area (Å²) in [6.45, 7) is 3.74. The fourth-order valence-corrected chi connectivity index (χ4v) is 5.22. The number of aryl methyl sites for hydroxylation is 1. The van der Waals surface area contributed by atoms with Crippen LogP contribution in [0.1, 0.15) is 70.9 Å². The summed E-state index contributed by atoms with van der Waals surface area (Å²) >= 11 is 6.46. The molecule has 2 aliphatic carbocycles. The summed E-state index contributed by atoms with van der Waals surface area (Å²) in [5, 5.41) is 4.43. The third-order valence-electron chi connectivity index (χ3n) is 7.12. The molecule has 10 nitrogen and oxygen atoms in total. The Balaban J connectivity index is 1.40. The highest BCUT2D eigenvalue weighted by atomic mass is 35.5. The lowest BCUT2D eigenvalue weighted by Gasteiger charge is -2.28. The Morgan fingerprint density at radius 1 is 1.16 bits per heavy atom. The van der Waals surface area contributed by atoms with Crippen LogP contribution in [0.5, 0.6) is 5.88 Å². The Morgan fingerprint density at radius 2 is 1.92 bits per heavy atom. The molecule has 202 valence electrons. The summed E-state index contributed by atoms with van der Waals surface area (Å²) in [7, 11) is 3.57. The monoisotopic (exact) mass is 533 g/mol. The first kappa shape index (κ1) is 27.2. The first-order valence-electron chi connectivity index (χ1n) is 13.0. The van der Waals surface area contributed by atoms with Crippen LogP contribution in [0.25, 0.3) is 11.3 Å². The molecular weight excluding hydrogens is 498 g/mol. The molecule has 0 aliphatic heterocycles. The van der Waals surface area contributed by atoms with Crippen LogP contribution in [0.4, 0.5) is 4.79 Å². The maximum atomic E-state index is 12.6. The lowest BCUT2D eigenvalue weighted by atomic mass is 9.87. The van der Waals surface area contributed by atoms with Crippen LogP contribution in [-0.2, 0) is 27.9 Å². The molecule has 0 bridgehead atoms. The molecule has 37 heavy (non-hydrogen) atoms. The van der Waals surface area contributed by atoms with Gasteiger partial charge in [-0.25, -0.2) is 14.8 Å². The summed E-state index contributed by atoms with van der Waals surface area (Å²) in [5.74, 6) is -0.154. The first-order chi connectivity index (χ1) is 17.7. The van der Waals surface area contributed by atoms with Crippen molar-refractivity contribution < 1.29 is 23.8 Å². The van der Waals surface area contributed by atoms with E-state index in [0.717, 1.165) is 44.9 Å². The van der Waals surface area contributed by atoms with E-state index in [4.69, 9.17) is 25.8 Å². The summed E-state index contributed by atoms with van der Waals surface area (Å²) < 4.78 is 18.7. The number of rotatable bonds is 8. The highest BCUT2D eigenvalue weighted by molar-refractivity contribution is 6.30. The van der Waals surface area contributed by atoms with Crippen LogP contribution < -0.4 is 4.74 Å². The van der Waals surface area contributed by atoms with E-state index in [-0.39, 0.29) is 53.9 Å². The number of hydrogen-bond donors (Lipinski definition) is 0. The number of amides is 1. The zero-order valence-electron chi connectivity index (χ0n) is 22.0. The maximum absolute atomic E-state index is 12.6. The second kappa shape index (κ2) is 12.1. The number of carbonyl (C=O) groups is 2. The lowest BCUT2D eigenvalue weighted by molar-refractivity contribution is -0.154. The van der Waals surface area contributed by atoms with Crippen LogP contribution in [0.2, 0.25) is 5.15 Å². The van der Waals surface area contributed by atoms with Gasteiger partial charge < -0.3 is 19.1 Å². The number of hydrogen-bond acceptors (Lipinski definition) is 8. The Kier molecular flexibility index (Phi) is 8.89. The minimum atomic E-state index is -0.352. The molecule has 2 heterocycles. The zero-order valence-corrected chi connectivity index (χ0v) is 22.7. The molecular formula is C26H36ClN5O5. The number of halogens is 1. The fourth-order valence-electron chi connectivity index (χ4n) is 5.04. The van der Waals surface area contributed by atoms with Crippen molar-refractivity contribution in [1.82, 2.24) is 24.6 Å². The zero-order chi connectivity index (χ0) is 26.5. The molecule has 0 aromatic carbocycles. The van der Waals surface area contributed by atoms with Gasteiger partial charge in [-0.15, -0.1) is 0 Å². The molecule has 0 spiro atoms. The number of ether oxygens (including phenoxy) is 3. The van der Waals surface area contributed by atoms with E-state index in [9.17, 15) is 9.59 Å². The molecule has 2 fully saturated rings. The third-order valence-corrected chi connectivity index (χ3v) is 7.37. The minimum absolute atomic E-state index is 0.0508. The highest BCUT2D eigenvalue weighted by Crippen LogP contribution is 2.32. The predicted octanol–water partition coefficient (Wildman–Crippen LogP) is 4.93. The average Bonchev–Trinajstić information content (AvgIpc) is 3.53. The Labute approximate surface area is 222 Å². The SMILES string of the molecule is CC(C)OC(=O)[C@H]1CCC[C@H](Oc2ncc(-c3cnn(C)c3COC(=O)N(C)C3CCCC3)nc2Cl)C1. The van der Waals surface area contributed by atoms with Gasteiger partial charge in [-0.3, -0.25) is 9.48 Å². The van der Waals surface area contributed by atoms with E-state index in [1.54, 1.807) is 36.1 Å². The van der Waals surface area contributed by atoms with Crippen molar-refractivity contribution in [2.75, 3.05) is 7.05 Å². The van der Waals surface area contributed by atoms with Gasteiger partial charge in [-0.05, 0) is 52.4 Å². The molecule has 0 N–H and O–H groups in total. The van der Waals surface area contributed by atoms with Crippen molar-refractivity contribution in [2.45, 2.75) is 90.1 Å². The summed E-state index contributed by atoms with van der Waals surface area (Å²) in [4.78, 5) is 35.5. The summed E-state index contributed by atoms with van der Waals surface area (Å²) in [5.41, 5.74) is 1.86. The first-order valence-corrected chi connectivity index (χ1v) is 13.4. The van der Waals surface area contributed by atoms with E-state index in [0.29, 0.717) is 23.4 Å². The molecule has 11 heteroatoms. The molecule has 1 amide bonds. The molecule has 0 saturated heterocycles. The lowest BCUT2D eigenvalue weighted by Crippen LogP contribution is -2.35. The van der Waals surface area contributed by atoms with Crippen molar-refractivity contribution in [3.63, 3.8) is 0 Å². The summed E-state index contributed by atoms with van der Waals surface area (Å²) in [6, 6.07) is 0.232. The maximum Gasteiger partial charge on any atom is 0.410 e. The largest absolute Gasteiger partial charge is 0.472 e. The second-order valence-corrected chi connectivity index (χ2v) is 10.5. The fraction of sp³-hybridized carbons (Fsp3) is 0.654. The Bertz CT molecular complexity index is 1100. The quantitative estimate of drug-likeness (QED) is 0.439. The van der Waals surface area contributed by atoms with Gasteiger partial charge in [0, 0.05) is 25.7 Å². The van der Waals surface area contributed by atoms with Crippen LogP contribution in [-0.4, -0.2) is 62.0 Å². The van der Waals surface area contributed by atoms with Crippen molar-refractivity contribution in [3.8, 4) is 17.1 Å².